The number of fused-ring (bicyclic) bond motifs is 2. The molecule has 2 aromatic carbocycles. The lowest BCUT2D eigenvalue weighted by Crippen LogP contribution is -1.96. The third kappa shape index (κ3) is 2.08. The van der Waals surface area contributed by atoms with Gasteiger partial charge in [0.1, 0.15) is 6.29 Å². The zero-order valence-electron chi connectivity index (χ0n) is 9.92. The van der Waals surface area contributed by atoms with Crippen LogP contribution in [0.15, 0.2) is 62.0 Å². The number of carbonyl (C=O) groups is 1. The first-order valence-electron chi connectivity index (χ1n) is 5.82. The van der Waals surface area contributed by atoms with Crippen molar-refractivity contribution >= 4 is 29.8 Å². The number of benzene rings is 2. The Morgan fingerprint density at radius 1 is 0.944 bits per heavy atom. The summed E-state index contributed by atoms with van der Waals surface area (Å²) in [6.07, 6.45) is 0.996. The molecular formula is C15H12OS2. The van der Waals surface area contributed by atoms with Gasteiger partial charge >= 0.3 is 0 Å². The Hall–Kier alpha value is -1.19. The molecule has 1 unspecified atom stereocenters. The maximum atomic E-state index is 10.9. The van der Waals surface area contributed by atoms with Crippen LogP contribution in [0.4, 0.5) is 0 Å². The van der Waals surface area contributed by atoms with Gasteiger partial charge in [0, 0.05) is 25.5 Å². The van der Waals surface area contributed by atoms with Gasteiger partial charge in [0.05, 0.1) is 0 Å². The minimum absolute atomic E-state index is 0.0296. The highest BCUT2D eigenvalue weighted by Crippen LogP contribution is 2.48. The Bertz CT molecular complexity index is 607. The third-order valence-electron chi connectivity index (χ3n) is 2.99. The number of hydrogen-bond donors (Lipinski definition) is 0. The zero-order valence-corrected chi connectivity index (χ0v) is 11.6. The smallest absolute Gasteiger partial charge is 0.127 e. The maximum Gasteiger partial charge on any atom is 0.127 e. The lowest BCUT2D eigenvalue weighted by atomic mass is 10.0. The summed E-state index contributed by atoms with van der Waals surface area (Å²) in [5.41, 5.74) is 1.09. The molecule has 0 saturated carbocycles. The van der Waals surface area contributed by atoms with E-state index < -0.39 is 0 Å². The monoisotopic (exact) mass is 272 g/mol. The summed E-state index contributed by atoms with van der Waals surface area (Å²) in [5.74, 6) is -0.0296. The van der Waals surface area contributed by atoms with Gasteiger partial charge in [-0.2, -0.15) is 0 Å². The first-order chi connectivity index (χ1) is 8.78. The second kappa shape index (κ2) is 4.82. The van der Waals surface area contributed by atoms with Crippen molar-refractivity contribution in [2.24, 2.45) is 0 Å². The molecule has 1 aliphatic heterocycles. The minimum atomic E-state index is -0.0296. The van der Waals surface area contributed by atoms with Crippen LogP contribution in [0, 0.1) is 0 Å². The molecule has 0 aromatic heterocycles. The first kappa shape index (κ1) is 11.9. The van der Waals surface area contributed by atoms with Crippen molar-refractivity contribution in [3.8, 4) is 0 Å². The Labute approximate surface area is 115 Å². The van der Waals surface area contributed by atoms with E-state index in [0.717, 1.165) is 11.8 Å². The molecule has 3 heteroatoms. The van der Waals surface area contributed by atoms with Crippen LogP contribution in [0.5, 0.6) is 0 Å². The largest absolute Gasteiger partial charge is 0.303 e. The van der Waals surface area contributed by atoms with E-state index in [9.17, 15) is 4.79 Å². The number of hydrogen-bond acceptors (Lipinski definition) is 3. The normalized spacial score (nSPS) is 14.5. The Kier molecular flexibility index (Phi) is 3.18. The van der Waals surface area contributed by atoms with E-state index in [2.05, 4.69) is 42.5 Å². The standard InChI is InChI=1S/C15H12OS2/c1-10(9-16)11-6-7-14-15(8-11)18-13-5-3-2-4-12(13)17-14/h2-10H,1H3. The summed E-state index contributed by atoms with van der Waals surface area (Å²) in [6, 6.07) is 14.7. The fraction of sp³-hybridized carbons (Fsp3) is 0.133. The van der Waals surface area contributed by atoms with Crippen molar-refractivity contribution < 1.29 is 4.79 Å². The Morgan fingerprint density at radius 2 is 1.56 bits per heavy atom. The van der Waals surface area contributed by atoms with Gasteiger partial charge in [-0.3, -0.25) is 0 Å². The van der Waals surface area contributed by atoms with E-state index in [-0.39, 0.29) is 5.92 Å². The van der Waals surface area contributed by atoms with Crippen LogP contribution in [-0.2, 0) is 4.79 Å². The van der Waals surface area contributed by atoms with Gasteiger partial charge in [-0.15, -0.1) is 0 Å². The van der Waals surface area contributed by atoms with Crippen LogP contribution in [0.25, 0.3) is 0 Å². The highest BCUT2D eigenvalue weighted by atomic mass is 32.2. The van der Waals surface area contributed by atoms with Crippen LogP contribution in [0.3, 0.4) is 0 Å². The van der Waals surface area contributed by atoms with Crippen molar-refractivity contribution in [3.63, 3.8) is 0 Å². The molecule has 1 nitrogen and oxygen atoms in total. The van der Waals surface area contributed by atoms with Gasteiger partial charge in [-0.05, 0) is 29.8 Å². The topological polar surface area (TPSA) is 17.1 Å². The van der Waals surface area contributed by atoms with Gasteiger partial charge in [0.25, 0.3) is 0 Å². The predicted molar refractivity (Wildman–Crippen MR) is 75.6 cm³/mol. The summed E-state index contributed by atoms with van der Waals surface area (Å²) < 4.78 is 0. The van der Waals surface area contributed by atoms with Crippen molar-refractivity contribution in [2.45, 2.75) is 32.4 Å². The van der Waals surface area contributed by atoms with E-state index in [1.54, 1.807) is 23.5 Å². The zero-order chi connectivity index (χ0) is 12.5. The SMILES string of the molecule is CC(C=O)c1ccc2c(c1)Sc1ccccc1S2. The van der Waals surface area contributed by atoms with Crippen molar-refractivity contribution in [2.75, 3.05) is 0 Å². The van der Waals surface area contributed by atoms with Gasteiger partial charge in [0.2, 0.25) is 0 Å². The summed E-state index contributed by atoms with van der Waals surface area (Å²) in [4.78, 5) is 16.0. The summed E-state index contributed by atoms with van der Waals surface area (Å²) in [7, 11) is 0. The molecule has 0 N–H and O–H groups in total. The quantitative estimate of drug-likeness (QED) is 0.634. The molecule has 90 valence electrons. The third-order valence-corrected chi connectivity index (χ3v) is 5.53. The van der Waals surface area contributed by atoms with Gasteiger partial charge < -0.3 is 4.79 Å². The van der Waals surface area contributed by atoms with E-state index in [4.69, 9.17) is 0 Å². The first-order valence-corrected chi connectivity index (χ1v) is 7.45. The highest BCUT2D eigenvalue weighted by molar-refractivity contribution is 8.05. The second-order valence-corrected chi connectivity index (χ2v) is 6.45. The van der Waals surface area contributed by atoms with Crippen molar-refractivity contribution in [1.82, 2.24) is 0 Å². The Morgan fingerprint density at radius 3 is 2.22 bits per heavy atom. The van der Waals surface area contributed by atoms with Gasteiger partial charge in [0.15, 0.2) is 0 Å². The van der Waals surface area contributed by atoms with Gasteiger partial charge in [-0.1, -0.05) is 48.6 Å². The summed E-state index contributed by atoms with van der Waals surface area (Å²) in [5, 5.41) is 0. The van der Waals surface area contributed by atoms with Crippen LogP contribution >= 0.6 is 23.5 Å². The molecule has 3 rings (SSSR count). The molecule has 0 saturated heterocycles. The van der Waals surface area contributed by atoms with Crippen LogP contribution in [-0.4, -0.2) is 6.29 Å². The molecule has 18 heavy (non-hydrogen) atoms. The number of carbonyl (C=O) groups excluding carboxylic acids is 1. The highest BCUT2D eigenvalue weighted by Gasteiger charge is 2.17. The minimum Gasteiger partial charge on any atom is -0.303 e. The number of rotatable bonds is 2. The van der Waals surface area contributed by atoms with E-state index >= 15 is 0 Å². The molecule has 0 bridgehead atoms. The van der Waals surface area contributed by atoms with Crippen LogP contribution in [0.1, 0.15) is 18.4 Å². The molecular weight excluding hydrogens is 260 g/mol. The van der Waals surface area contributed by atoms with E-state index in [1.165, 1.54) is 19.6 Å². The summed E-state index contributed by atoms with van der Waals surface area (Å²) in [6.45, 7) is 1.93. The lowest BCUT2D eigenvalue weighted by Gasteiger charge is -2.19. The van der Waals surface area contributed by atoms with Crippen LogP contribution < -0.4 is 0 Å². The molecule has 0 spiro atoms. The number of aldehydes is 1. The van der Waals surface area contributed by atoms with Crippen molar-refractivity contribution in [1.29, 1.82) is 0 Å². The lowest BCUT2D eigenvalue weighted by molar-refractivity contribution is -0.108. The maximum absolute atomic E-state index is 10.9. The molecule has 1 atom stereocenters. The fourth-order valence-corrected chi connectivity index (χ4v) is 4.17. The second-order valence-electron chi connectivity index (χ2n) is 4.28. The van der Waals surface area contributed by atoms with Crippen molar-refractivity contribution in [3.05, 3.63) is 48.0 Å². The molecule has 2 aromatic rings. The van der Waals surface area contributed by atoms with Gasteiger partial charge in [-0.25, -0.2) is 0 Å². The van der Waals surface area contributed by atoms with Crippen LogP contribution in [0.2, 0.25) is 0 Å². The molecule has 0 amide bonds. The average molecular weight is 272 g/mol. The molecule has 1 aliphatic rings. The Balaban J connectivity index is 2.01. The fourth-order valence-electron chi connectivity index (χ4n) is 1.91. The molecule has 0 fully saturated rings. The molecule has 1 heterocycles. The predicted octanol–water partition coefficient (Wildman–Crippen LogP) is 4.60. The molecule has 0 radical (unpaired) electrons. The summed E-state index contributed by atoms with van der Waals surface area (Å²) >= 11 is 3.59. The molecule has 0 aliphatic carbocycles. The van der Waals surface area contributed by atoms with E-state index in [1.807, 2.05) is 6.92 Å². The average Bonchev–Trinajstić information content (AvgIpc) is 2.43. The van der Waals surface area contributed by atoms with E-state index in [0.29, 0.717) is 0 Å².